The van der Waals surface area contributed by atoms with E-state index in [-0.39, 0.29) is 11.9 Å². The number of carbonyl (C=O) groups is 2. The number of anilines is 1. The van der Waals surface area contributed by atoms with Crippen molar-refractivity contribution in [3.63, 3.8) is 0 Å². The van der Waals surface area contributed by atoms with Gasteiger partial charge in [0.1, 0.15) is 0 Å². The van der Waals surface area contributed by atoms with E-state index in [0.717, 1.165) is 12.8 Å². The zero-order chi connectivity index (χ0) is 13.8. The molecule has 1 saturated carbocycles. The lowest BCUT2D eigenvalue weighted by Crippen LogP contribution is -2.32. The van der Waals surface area contributed by atoms with Crippen LogP contribution in [0.25, 0.3) is 0 Å². The van der Waals surface area contributed by atoms with Crippen molar-refractivity contribution in [3.05, 3.63) is 29.8 Å². The van der Waals surface area contributed by atoms with Crippen LogP contribution in [0.4, 0.5) is 10.5 Å². The Labute approximate surface area is 112 Å². The van der Waals surface area contributed by atoms with Crippen molar-refractivity contribution in [2.24, 2.45) is 11.7 Å². The summed E-state index contributed by atoms with van der Waals surface area (Å²) in [4.78, 5) is 22.7. The summed E-state index contributed by atoms with van der Waals surface area (Å²) in [6, 6.07) is 6.36. The molecule has 0 heterocycles. The number of hydrogen-bond donors (Lipinski definition) is 3. The average molecular weight is 261 g/mol. The summed E-state index contributed by atoms with van der Waals surface area (Å²) in [7, 11) is 0. The van der Waals surface area contributed by atoms with E-state index < -0.39 is 6.03 Å². The Bertz CT molecular complexity index is 470. The van der Waals surface area contributed by atoms with E-state index in [4.69, 9.17) is 5.73 Å². The van der Waals surface area contributed by atoms with E-state index in [2.05, 4.69) is 17.6 Å². The van der Waals surface area contributed by atoms with E-state index >= 15 is 0 Å². The summed E-state index contributed by atoms with van der Waals surface area (Å²) >= 11 is 0. The normalized spacial score (nSPS) is 21.9. The number of urea groups is 1. The second-order valence-electron chi connectivity index (χ2n) is 5.16. The lowest BCUT2D eigenvalue weighted by atomic mass is 10.1. The second kappa shape index (κ2) is 5.73. The highest BCUT2D eigenvalue weighted by Gasteiger charge is 2.22. The molecule has 1 aromatic rings. The summed E-state index contributed by atoms with van der Waals surface area (Å²) in [6.45, 7) is 2.20. The van der Waals surface area contributed by atoms with Crippen LogP contribution in [-0.4, -0.2) is 18.0 Å². The molecule has 2 atom stereocenters. The van der Waals surface area contributed by atoms with Gasteiger partial charge in [0.2, 0.25) is 0 Å². The van der Waals surface area contributed by atoms with Gasteiger partial charge in [-0.1, -0.05) is 6.92 Å². The molecular weight excluding hydrogens is 242 g/mol. The Balaban J connectivity index is 1.94. The minimum Gasteiger partial charge on any atom is -0.351 e. The summed E-state index contributed by atoms with van der Waals surface area (Å²) in [5, 5.41) is 5.49. The maximum absolute atomic E-state index is 12.0. The van der Waals surface area contributed by atoms with Gasteiger partial charge in [-0.05, 0) is 49.4 Å². The van der Waals surface area contributed by atoms with Crippen LogP contribution in [-0.2, 0) is 0 Å². The van der Waals surface area contributed by atoms with Crippen LogP contribution in [0.2, 0.25) is 0 Å². The number of hydrogen-bond acceptors (Lipinski definition) is 2. The van der Waals surface area contributed by atoms with Crippen molar-refractivity contribution >= 4 is 17.6 Å². The van der Waals surface area contributed by atoms with Crippen molar-refractivity contribution in [1.82, 2.24) is 5.32 Å². The highest BCUT2D eigenvalue weighted by atomic mass is 16.2. The van der Waals surface area contributed by atoms with E-state index in [1.165, 1.54) is 6.42 Å². The zero-order valence-corrected chi connectivity index (χ0v) is 11.0. The largest absolute Gasteiger partial charge is 0.351 e. The van der Waals surface area contributed by atoms with Gasteiger partial charge >= 0.3 is 6.03 Å². The lowest BCUT2D eigenvalue weighted by molar-refractivity contribution is 0.0937. The Hall–Kier alpha value is -2.04. The summed E-state index contributed by atoms with van der Waals surface area (Å²) in [5.74, 6) is 0.622. The standard InChI is InChI=1S/C14H19N3O2/c1-9-2-5-12(8-9)16-13(18)10-3-6-11(7-4-10)17-14(15)19/h3-4,6-7,9,12H,2,5,8H2,1H3,(H,16,18)(H3,15,17,19). The quantitative estimate of drug-likeness (QED) is 0.778. The first-order valence-corrected chi connectivity index (χ1v) is 6.52. The fourth-order valence-electron chi connectivity index (χ4n) is 2.45. The van der Waals surface area contributed by atoms with Gasteiger partial charge in [-0.15, -0.1) is 0 Å². The molecule has 0 spiro atoms. The molecule has 0 aliphatic heterocycles. The van der Waals surface area contributed by atoms with Crippen LogP contribution in [0.3, 0.4) is 0 Å². The van der Waals surface area contributed by atoms with Crippen LogP contribution < -0.4 is 16.4 Å². The maximum Gasteiger partial charge on any atom is 0.316 e. The first-order valence-electron chi connectivity index (χ1n) is 6.52. The van der Waals surface area contributed by atoms with Crippen molar-refractivity contribution in [2.75, 3.05) is 5.32 Å². The molecule has 1 aliphatic carbocycles. The Morgan fingerprint density at radius 2 is 1.89 bits per heavy atom. The lowest BCUT2D eigenvalue weighted by Gasteiger charge is -2.12. The van der Waals surface area contributed by atoms with Crippen molar-refractivity contribution in [1.29, 1.82) is 0 Å². The highest BCUT2D eigenvalue weighted by Crippen LogP contribution is 2.24. The molecule has 0 radical (unpaired) electrons. The molecule has 2 rings (SSSR count). The van der Waals surface area contributed by atoms with E-state index in [1.54, 1.807) is 24.3 Å². The predicted molar refractivity (Wildman–Crippen MR) is 73.9 cm³/mol. The van der Waals surface area contributed by atoms with E-state index in [9.17, 15) is 9.59 Å². The van der Waals surface area contributed by atoms with Crippen molar-refractivity contribution in [2.45, 2.75) is 32.2 Å². The van der Waals surface area contributed by atoms with Gasteiger partial charge in [0.25, 0.3) is 5.91 Å². The highest BCUT2D eigenvalue weighted by molar-refractivity contribution is 5.95. The smallest absolute Gasteiger partial charge is 0.316 e. The molecule has 1 aliphatic rings. The monoisotopic (exact) mass is 261 g/mol. The van der Waals surface area contributed by atoms with Gasteiger partial charge in [-0.3, -0.25) is 4.79 Å². The van der Waals surface area contributed by atoms with Crippen LogP contribution in [0.15, 0.2) is 24.3 Å². The zero-order valence-electron chi connectivity index (χ0n) is 11.0. The number of nitrogens with two attached hydrogens (primary N) is 1. The Morgan fingerprint density at radius 3 is 2.42 bits per heavy atom. The first kappa shape index (κ1) is 13.4. The summed E-state index contributed by atoms with van der Waals surface area (Å²) < 4.78 is 0. The molecule has 5 heteroatoms. The van der Waals surface area contributed by atoms with Gasteiger partial charge in [-0.2, -0.15) is 0 Å². The molecule has 1 aromatic carbocycles. The SMILES string of the molecule is CC1CCC(NC(=O)c2ccc(NC(N)=O)cc2)C1. The number of carbonyl (C=O) groups excluding carboxylic acids is 2. The van der Waals surface area contributed by atoms with Gasteiger partial charge in [0.05, 0.1) is 0 Å². The van der Waals surface area contributed by atoms with Crippen LogP contribution in [0, 0.1) is 5.92 Å². The van der Waals surface area contributed by atoms with Gasteiger partial charge < -0.3 is 16.4 Å². The number of benzene rings is 1. The molecule has 0 saturated heterocycles. The Kier molecular flexibility index (Phi) is 4.04. The maximum atomic E-state index is 12.0. The molecule has 0 aromatic heterocycles. The molecule has 4 N–H and O–H groups in total. The van der Waals surface area contributed by atoms with Gasteiger partial charge in [0.15, 0.2) is 0 Å². The average Bonchev–Trinajstić information content (AvgIpc) is 2.75. The third-order valence-electron chi connectivity index (χ3n) is 3.44. The fourth-order valence-corrected chi connectivity index (χ4v) is 2.45. The molecule has 1 fully saturated rings. The van der Waals surface area contributed by atoms with Gasteiger partial charge in [-0.25, -0.2) is 4.79 Å². The fraction of sp³-hybridized carbons (Fsp3) is 0.429. The number of rotatable bonds is 3. The molecule has 102 valence electrons. The van der Waals surface area contributed by atoms with E-state index in [1.807, 2.05) is 0 Å². The topological polar surface area (TPSA) is 84.2 Å². The molecular formula is C14H19N3O2. The molecule has 3 amide bonds. The first-order chi connectivity index (χ1) is 9.04. The molecule has 2 unspecified atom stereocenters. The van der Waals surface area contributed by atoms with Crippen LogP contribution in [0.5, 0.6) is 0 Å². The minimum absolute atomic E-state index is 0.0651. The number of primary amides is 1. The number of amides is 3. The molecule has 0 bridgehead atoms. The third-order valence-corrected chi connectivity index (χ3v) is 3.44. The predicted octanol–water partition coefficient (Wildman–Crippen LogP) is 2.10. The van der Waals surface area contributed by atoms with Crippen molar-refractivity contribution < 1.29 is 9.59 Å². The van der Waals surface area contributed by atoms with Crippen LogP contribution >= 0.6 is 0 Å². The van der Waals surface area contributed by atoms with Crippen LogP contribution in [0.1, 0.15) is 36.5 Å². The molecule has 19 heavy (non-hydrogen) atoms. The molecule has 5 nitrogen and oxygen atoms in total. The summed E-state index contributed by atoms with van der Waals surface area (Å²) in [5.41, 5.74) is 6.19. The summed E-state index contributed by atoms with van der Waals surface area (Å²) in [6.07, 6.45) is 3.27. The Morgan fingerprint density at radius 1 is 1.21 bits per heavy atom. The number of nitrogens with one attached hydrogen (secondary N) is 2. The minimum atomic E-state index is -0.614. The third kappa shape index (κ3) is 3.71. The second-order valence-corrected chi connectivity index (χ2v) is 5.16. The van der Waals surface area contributed by atoms with Gasteiger partial charge in [0, 0.05) is 17.3 Å². The van der Waals surface area contributed by atoms with Crippen molar-refractivity contribution in [3.8, 4) is 0 Å². The van der Waals surface area contributed by atoms with E-state index in [0.29, 0.717) is 17.2 Å².